The molecular formula is C42H60O13. The zero-order chi connectivity index (χ0) is 40.4. The van der Waals surface area contributed by atoms with Crippen LogP contribution in [0.5, 0.6) is 11.5 Å². The summed E-state index contributed by atoms with van der Waals surface area (Å²) in [6.45, 7) is 12.7. The van der Waals surface area contributed by atoms with Gasteiger partial charge in [-0.3, -0.25) is 4.79 Å². The summed E-state index contributed by atoms with van der Waals surface area (Å²) in [6.07, 6.45) is 0.396. The van der Waals surface area contributed by atoms with Crippen molar-refractivity contribution in [2.75, 3.05) is 27.4 Å². The fourth-order valence-electron chi connectivity index (χ4n) is 6.88. The molecule has 0 unspecified atom stereocenters. The molecule has 2 saturated heterocycles. The average molecular weight is 773 g/mol. The molecule has 1 N–H and O–H groups in total. The zero-order valence-electron chi connectivity index (χ0n) is 33.8. The van der Waals surface area contributed by atoms with E-state index in [2.05, 4.69) is 0 Å². The van der Waals surface area contributed by atoms with Crippen LogP contribution in [-0.4, -0.2) is 98.6 Å². The molecular weight excluding hydrogens is 712 g/mol. The van der Waals surface area contributed by atoms with Gasteiger partial charge in [-0.05, 0) is 97.0 Å². The number of ether oxygens (including phenoxy) is 9. The Morgan fingerprint density at radius 3 is 1.47 bits per heavy atom. The minimum Gasteiger partial charge on any atom is -0.497 e. The molecule has 2 aliphatic heterocycles. The summed E-state index contributed by atoms with van der Waals surface area (Å²) in [4.78, 5) is 38.7. The lowest BCUT2D eigenvalue weighted by molar-refractivity contribution is -0.327. The Morgan fingerprint density at radius 2 is 1.09 bits per heavy atom. The van der Waals surface area contributed by atoms with Gasteiger partial charge in [0.25, 0.3) is 0 Å². The van der Waals surface area contributed by atoms with Gasteiger partial charge >= 0.3 is 17.9 Å². The summed E-state index contributed by atoms with van der Waals surface area (Å²) in [5.74, 6) is -1.97. The maximum atomic E-state index is 13.3. The standard InChI is InChI=1S/C42H60O13/c1-40(2,3)39(46)49-21-19-32(51-38(45)28-12-16-30(48-9)17-13-28)23-34-25-36(55-42(6,7)53-34)26-35-24-33(52-41(4,5)54-35)22-31(18-20-43)50-37(44)27-10-14-29(47-8)15-11-27/h10-17,31-36,43H,18-26H2,1-9H3/t31-,32+,33+,34-,35-,36-/m1/s1. The maximum absolute atomic E-state index is 13.3. The van der Waals surface area contributed by atoms with E-state index in [-0.39, 0.29) is 56.4 Å². The molecule has 0 aromatic heterocycles. The Kier molecular flexibility index (Phi) is 15.5. The van der Waals surface area contributed by atoms with E-state index in [0.717, 1.165) is 0 Å². The maximum Gasteiger partial charge on any atom is 0.338 e. The third kappa shape index (κ3) is 14.0. The zero-order valence-corrected chi connectivity index (χ0v) is 33.8. The van der Waals surface area contributed by atoms with Gasteiger partial charge in [-0.25, -0.2) is 9.59 Å². The molecule has 2 heterocycles. The third-order valence-electron chi connectivity index (χ3n) is 9.37. The topological polar surface area (TPSA) is 155 Å². The van der Waals surface area contributed by atoms with Crippen molar-refractivity contribution in [3.63, 3.8) is 0 Å². The van der Waals surface area contributed by atoms with Crippen molar-refractivity contribution in [1.82, 2.24) is 0 Å². The molecule has 0 radical (unpaired) electrons. The first-order valence-electron chi connectivity index (χ1n) is 19.1. The summed E-state index contributed by atoms with van der Waals surface area (Å²) in [6, 6.07) is 13.3. The minimum atomic E-state index is -0.946. The molecule has 306 valence electrons. The molecule has 13 nitrogen and oxygen atoms in total. The van der Waals surface area contributed by atoms with E-state index in [1.807, 2.05) is 27.7 Å². The third-order valence-corrected chi connectivity index (χ3v) is 9.37. The Hall–Kier alpha value is -3.75. The van der Waals surface area contributed by atoms with Gasteiger partial charge in [-0.2, -0.15) is 0 Å². The van der Waals surface area contributed by atoms with Gasteiger partial charge in [0.15, 0.2) is 11.6 Å². The van der Waals surface area contributed by atoms with Gasteiger partial charge in [0.1, 0.15) is 23.7 Å². The number of rotatable bonds is 17. The fourth-order valence-corrected chi connectivity index (χ4v) is 6.88. The highest BCUT2D eigenvalue weighted by Gasteiger charge is 2.42. The highest BCUT2D eigenvalue weighted by molar-refractivity contribution is 5.90. The van der Waals surface area contributed by atoms with Crippen LogP contribution in [0.3, 0.4) is 0 Å². The first kappa shape index (κ1) is 44.0. The van der Waals surface area contributed by atoms with Gasteiger partial charge in [-0.15, -0.1) is 0 Å². The first-order chi connectivity index (χ1) is 25.9. The average Bonchev–Trinajstić information content (AvgIpc) is 3.09. The number of carbonyl (C=O) groups is 3. The number of methoxy groups -OCH3 is 2. The van der Waals surface area contributed by atoms with Crippen molar-refractivity contribution in [2.45, 2.75) is 142 Å². The lowest BCUT2D eigenvalue weighted by Crippen LogP contribution is -2.50. The number of aliphatic hydroxyl groups excluding tert-OH is 1. The van der Waals surface area contributed by atoms with Crippen LogP contribution in [0.2, 0.25) is 0 Å². The Labute approximate surface area is 325 Å². The number of aliphatic hydroxyl groups is 1. The van der Waals surface area contributed by atoms with Crippen molar-refractivity contribution < 1.29 is 62.1 Å². The second-order valence-corrected chi connectivity index (χ2v) is 16.1. The number of hydrogen-bond donors (Lipinski definition) is 1. The van der Waals surface area contributed by atoms with Crippen LogP contribution in [0.4, 0.5) is 0 Å². The molecule has 2 aliphatic rings. The summed E-state index contributed by atoms with van der Waals surface area (Å²) in [7, 11) is 3.11. The number of esters is 3. The van der Waals surface area contributed by atoms with Gasteiger partial charge in [0, 0.05) is 51.6 Å². The summed E-state index contributed by atoms with van der Waals surface area (Å²) >= 11 is 0. The summed E-state index contributed by atoms with van der Waals surface area (Å²) in [5, 5.41) is 9.80. The molecule has 0 bridgehead atoms. The monoisotopic (exact) mass is 772 g/mol. The lowest BCUT2D eigenvalue weighted by Gasteiger charge is -2.45. The Morgan fingerprint density at radius 1 is 0.691 bits per heavy atom. The predicted octanol–water partition coefficient (Wildman–Crippen LogP) is 6.81. The normalized spacial score (nSPS) is 23.2. The van der Waals surface area contributed by atoms with Crippen LogP contribution in [0.25, 0.3) is 0 Å². The molecule has 2 aromatic carbocycles. The van der Waals surface area contributed by atoms with Crippen LogP contribution in [0.15, 0.2) is 48.5 Å². The number of benzene rings is 2. The molecule has 4 rings (SSSR count). The van der Waals surface area contributed by atoms with Crippen molar-refractivity contribution in [3.8, 4) is 11.5 Å². The van der Waals surface area contributed by atoms with Gasteiger partial charge in [0.2, 0.25) is 0 Å². The van der Waals surface area contributed by atoms with Crippen LogP contribution >= 0.6 is 0 Å². The van der Waals surface area contributed by atoms with Crippen LogP contribution in [0, 0.1) is 5.41 Å². The van der Waals surface area contributed by atoms with Crippen molar-refractivity contribution in [3.05, 3.63) is 59.7 Å². The van der Waals surface area contributed by atoms with Crippen molar-refractivity contribution in [2.24, 2.45) is 5.41 Å². The van der Waals surface area contributed by atoms with Crippen molar-refractivity contribution in [1.29, 1.82) is 0 Å². The molecule has 0 saturated carbocycles. The quantitative estimate of drug-likeness (QED) is 0.132. The Balaban J connectivity index is 1.42. The van der Waals surface area contributed by atoms with E-state index in [4.69, 9.17) is 42.6 Å². The first-order valence-corrected chi connectivity index (χ1v) is 19.1. The van der Waals surface area contributed by atoms with Gasteiger partial charge in [0.05, 0.1) is 61.8 Å². The summed E-state index contributed by atoms with van der Waals surface area (Å²) < 4.78 is 53.3. The number of hydrogen-bond acceptors (Lipinski definition) is 13. The molecule has 2 aromatic rings. The van der Waals surface area contributed by atoms with E-state index >= 15 is 0 Å². The molecule has 2 fully saturated rings. The highest BCUT2D eigenvalue weighted by Crippen LogP contribution is 2.37. The van der Waals surface area contributed by atoms with Gasteiger partial charge < -0.3 is 47.7 Å². The van der Waals surface area contributed by atoms with E-state index in [0.29, 0.717) is 54.7 Å². The van der Waals surface area contributed by atoms with Gasteiger partial charge in [-0.1, -0.05) is 0 Å². The van der Waals surface area contributed by atoms with E-state index in [1.54, 1.807) is 83.5 Å². The smallest absolute Gasteiger partial charge is 0.338 e. The molecule has 0 spiro atoms. The predicted molar refractivity (Wildman–Crippen MR) is 202 cm³/mol. The summed E-state index contributed by atoms with van der Waals surface area (Å²) in [5.41, 5.74) is 0.0823. The van der Waals surface area contributed by atoms with Crippen LogP contribution in [0.1, 0.15) is 114 Å². The van der Waals surface area contributed by atoms with Crippen LogP contribution < -0.4 is 9.47 Å². The lowest BCUT2D eigenvalue weighted by atomic mass is 9.93. The fraction of sp³-hybridized carbons (Fsp3) is 0.643. The molecule has 0 aliphatic carbocycles. The second kappa shape index (κ2) is 19.4. The van der Waals surface area contributed by atoms with E-state index in [1.165, 1.54) is 0 Å². The molecule has 0 amide bonds. The largest absolute Gasteiger partial charge is 0.497 e. The molecule has 55 heavy (non-hydrogen) atoms. The molecule has 6 atom stereocenters. The van der Waals surface area contributed by atoms with E-state index < -0.39 is 41.1 Å². The van der Waals surface area contributed by atoms with Crippen LogP contribution in [-0.2, 0) is 38.0 Å². The number of carbonyl (C=O) groups excluding carboxylic acids is 3. The van der Waals surface area contributed by atoms with E-state index in [9.17, 15) is 19.5 Å². The molecule has 13 heteroatoms. The SMILES string of the molecule is COc1ccc(C(=O)O[C@H](CCO)C[C@H]2C[C@H](C[C@H]3C[C@@H](C[C@H](CCOC(=O)C(C)(C)C)OC(=O)c4ccc(OC)cc4)OC(C)(C)O3)OC(C)(C)O2)cc1. The van der Waals surface area contributed by atoms with Crippen molar-refractivity contribution >= 4 is 17.9 Å². The Bertz CT molecular complexity index is 1530. The minimum absolute atomic E-state index is 0.0752. The second-order valence-electron chi connectivity index (χ2n) is 16.1. The highest BCUT2D eigenvalue weighted by atomic mass is 16.7.